The number of hydrogen-bond acceptors (Lipinski definition) is 8. The van der Waals surface area contributed by atoms with Crippen LogP contribution < -0.4 is 4.90 Å². The molecule has 0 fully saturated rings. The second-order valence-corrected chi connectivity index (χ2v) is 13.0. The quantitative estimate of drug-likeness (QED) is 0.175. The molecular weight excluding hydrogens is 639 g/mol. The SMILES string of the molecule is c1ccc2oc(-c3ccc(N(c4ccc(-c5cnc6c(c5)sc5ncccc56)cc4)c4ccc(-c5nc6ccccc6o5)cc4)cc3)nc2c1. The maximum atomic E-state index is 6.05. The van der Waals surface area contributed by atoms with Gasteiger partial charge in [0.1, 0.15) is 15.9 Å². The van der Waals surface area contributed by atoms with E-state index in [1.54, 1.807) is 11.3 Å². The number of pyridine rings is 2. The second-order valence-electron chi connectivity index (χ2n) is 12.0. The maximum absolute atomic E-state index is 6.05. The highest BCUT2D eigenvalue weighted by Gasteiger charge is 2.17. The van der Waals surface area contributed by atoms with E-state index in [-0.39, 0.29) is 0 Å². The van der Waals surface area contributed by atoms with Gasteiger partial charge in [0.15, 0.2) is 11.2 Å². The summed E-state index contributed by atoms with van der Waals surface area (Å²) in [6.45, 7) is 0. The number of benzene rings is 5. The largest absolute Gasteiger partial charge is 0.436 e. The summed E-state index contributed by atoms with van der Waals surface area (Å²) >= 11 is 1.67. The number of aromatic nitrogens is 4. The monoisotopic (exact) mass is 663 g/mol. The third kappa shape index (κ3) is 4.89. The van der Waals surface area contributed by atoms with Crippen LogP contribution in [0.15, 0.2) is 161 Å². The van der Waals surface area contributed by atoms with Crippen LogP contribution in [-0.4, -0.2) is 19.9 Å². The lowest BCUT2D eigenvalue weighted by atomic mass is 10.1. The number of fused-ring (bicyclic) bond motifs is 5. The van der Waals surface area contributed by atoms with Crippen molar-refractivity contribution in [2.24, 2.45) is 0 Å². The second kappa shape index (κ2) is 11.5. The van der Waals surface area contributed by atoms with Crippen LogP contribution in [-0.2, 0) is 0 Å². The standard InChI is InChI=1S/C42H25N5O2S/c1-3-9-36-34(7-1)45-40(48-36)27-13-19-31(20-14-27)47(32-21-15-28(16-22-32)41-46-35-8-2-4-10-37(35)49-41)30-17-11-26(12-18-30)29-24-38-39(44-25-29)33-6-5-23-43-42(33)50-38/h1-25H. The first kappa shape index (κ1) is 28.4. The summed E-state index contributed by atoms with van der Waals surface area (Å²) in [7, 11) is 0. The van der Waals surface area contributed by atoms with Crippen molar-refractivity contribution < 1.29 is 8.83 Å². The van der Waals surface area contributed by atoms with E-state index in [1.165, 1.54) is 0 Å². The summed E-state index contributed by atoms with van der Waals surface area (Å²) in [6.07, 6.45) is 3.78. The van der Waals surface area contributed by atoms with Gasteiger partial charge in [-0.15, -0.1) is 11.3 Å². The third-order valence-electron chi connectivity index (χ3n) is 8.88. The Labute approximate surface area is 289 Å². The van der Waals surface area contributed by atoms with Gasteiger partial charge in [0.2, 0.25) is 11.8 Å². The lowest BCUT2D eigenvalue weighted by Gasteiger charge is -2.26. The lowest BCUT2D eigenvalue weighted by molar-refractivity contribution is 0.619. The summed E-state index contributed by atoms with van der Waals surface area (Å²) in [5.41, 5.74) is 11.2. The minimum absolute atomic E-state index is 0.594. The van der Waals surface area contributed by atoms with Crippen molar-refractivity contribution in [2.75, 3.05) is 4.90 Å². The molecule has 50 heavy (non-hydrogen) atoms. The van der Waals surface area contributed by atoms with Crippen LogP contribution >= 0.6 is 11.3 Å². The van der Waals surface area contributed by atoms with E-state index < -0.39 is 0 Å². The molecule has 5 aromatic carbocycles. The predicted molar refractivity (Wildman–Crippen MR) is 201 cm³/mol. The lowest BCUT2D eigenvalue weighted by Crippen LogP contribution is -2.09. The predicted octanol–water partition coefficient (Wildman–Crippen LogP) is 11.6. The van der Waals surface area contributed by atoms with Crippen molar-refractivity contribution in [3.8, 4) is 34.0 Å². The molecule has 10 aromatic rings. The highest BCUT2D eigenvalue weighted by atomic mass is 32.1. The van der Waals surface area contributed by atoms with Gasteiger partial charge in [0.25, 0.3) is 0 Å². The van der Waals surface area contributed by atoms with Crippen LogP contribution in [0.1, 0.15) is 0 Å². The van der Waals surface area contributed by atoms with Crippen LogP contribution in [0, 0.1) is 0 Å². The molecule has 0 radical (unpaired) electrons. The number of rotatable bonds is 6. The molecule has 0 bridgehead atoms. The van der Waals surface area contributed by atoms with E-state index in [2.05, 4.69) is 94.8 Å². The van der Waals surface area contributed by atoms with Gasteiger partial charge in [-0.2, -0.15) is 0 Å². The molecule has 7 nitrogen and oxygen atoms in total. The minimum atomic E-state index is 0.594. The average molecular weight is 664 g/mol. The molecule has 5 aromatic heterocycles. The van der Waals surface area contributed by atoms with Crippen molar-refractivity contribution in [3.05, 3.63) is 152 Å². The molecule has 0 aliphatic rings. The van der Waals surface area contributed by atoms with Crippen LogP contribution in [0.5, 0.6) is 0 Å². The summed E-state index contributed by atoms with van der Waals surface area (Å²) in [5, 5.41) is 1.09. The summed E-state index contributed by atoms with van der Waals surface area (Å²) < 4.78 is 13.2. The zero-order chi connectivity index (χ0) is 33.0. The van der Waals surface area contributed by atoms with Crippen molar-refractivity contribution in [1.82, 2.24) is 19.9 Å². The van der Waals surface area contributed by atoms with Gasteiger partial charge in [0.05, 0.1) is 10.2 Å². The van der Waals surface area contributed by atoms with E-state index in [0.717, 1.165) is 81.9 Å². The fraction of sp³-hybridized carbons (Fsp3) is 0. The first-order valence-electron chi connectivity index (χ1n) is 16.2. The highest BCUT2D eigenvalue weighted by molar-refractivity contribution is 7.25. The van der Waals surface area contributed by atoms with Gasteiger partial charge in [-0.3, -0.25) is 4.98 Å². The Kier molecular flexibility index (Phi) is 6.53. The van der Waals surface area contributed by atoms with Gasteiger partial charge >= 0.3 is 0 Å². The molecule has 8 heteroatoms. The highest BCUT2D eigenvalue weighted by Crippen LogP contribution is 2.39. The normalized spacial score (nSPS) is 11.6. The van der Waals surface area contributed by atoms with Gasteiger partial charge in [-0.1, -0.05) is 36.4 Å². The summed E-state index contributed by atoms with van der Waals surface area (Å²) in [6, 6.07) is 47.1. The van der Waals surface area contributed by atoms with E-state index >= 15 is 0 Å². The number of nitrogens with zero attached hydrogens (tertiary/aromatic N) is 5. The van der Waals surface area contributed by atoms with Crippen LogP contribution in [0.4, 0.5) is 17.1 Å². The average Bonchev–Trinajstić information content (AvgIpc) is 3.91. The number of oxazole rings is 2. The number of thiophene rings is 1. The molecule has 236 valence electrons. The van der Waals surface area contributed by atoms with Crippen LogP contribution in [0.2, 0.25) is 0 Å². The Balaban J connectivity index is 1.02. The van der Waals surface area contributed by atoms with E-state index in [1.807, 2.05) is 67.0 Å². The fourth-order valence-electron chi connectivity index (χ4n) is 6.39. The van der Waals surface area contributed by atoms with Gasteiger partial charge in [-0.05, 0) is 109 Å². The molecule has 0 atom stereocenters. The zero-order valence-corrected chi connectivity index (χ0v) is 27.2. The Morgan fingerprint density at radius 2 is 1.04 bits per heavy atom. The Morgan fingerprint density at radius 3 is 1.60 bits per heavy atom. The number of para-hydroxylation sites is 4. The molecule has 0 saturated heterocycles. The van der Waals surface area contributed by atoms with Crippen molar-refractivity contribution in [3.63, 3.8) is 0 Å². The zero-order valence-electron chi connectivity index (χ0n) is 26.4. The molecule has 0 spiro atoms. The summed E-state index contributed by atoms with van der Waals surface area (Å²) in [5.74, 6) is 1.19. The first-order chi connectivity index (χ1) is 24.7. The van der Waals surface area contributed by atoms with Crippen LogP contribution in [0.3, 0.4) is 0 Å². The molecule has 0 amide bonds. The smallest absolute Gasteiger partial charge is 0.227 e. The van der Waals surface area contributed by atoms with Gasteiger partial charge in [-0.25, -0.2) is 15.0 Å². The molecule has 0 unspecified atom stereocenters. The van der Waals surface area contributed by atoms with Crippen molar-refractivity contribution in [2.45, 2.75) is 0 Å². The molecule has 0 aliphatic heterocycles. The minimum Gasteiger partial charge on any atom is -0.436 e. The Hall–Kier alpha value is -6.64. The number of anilines is 3. The maximum Gasteiger partial charge on any atom is 0.227 e. The Morgan fingerprint density at radius 1 is 0.500 bits per heavy atom. The molecule has 5 heterocycles. The van der Waals surface area contributed by atoms with Gasteiger partial charge < -0.3 is 13.7 Å². The van der Waals surface area contributed by atoms with Crippen LogP contribution in [0.25, 0.3) is 76.7 Å². The molecule has 0 saturated carbocycles. The Bertz CT molecular complexity index is 2640. The molecule has 0 N–H and O–H groups in total. The number of hydrogen-bond donors (Lipinski definition) is 0. The molecule has 0 aliphatic carbocycles. The van der Waals surface area contributed by atoms with E-state index in [0.29, 0.717) is 11.8 Å². The third-order valence-corrected chi connectivity index (χ3v) is 9.93. The summed E-state index contributed by atoms with van der Waals surface area (Å²) in [4.78, 5) is 22.0. The molecule has 10 rings (SSSR count). The topological polar surface area (TPSA) is 81.1 Å². The van der Waals surface area contributed by atoms with E-state index in [4.69, 9.17) is 23.8 Å². The van der Waals surface area contributed by atoms with Gasteiger partial charge in [0, 0.05) is 51.5 Å². The molecular formula is C42H25N5O2S. The van der Waals surface area contributed by atoms with E-state index in [9.17, 15) is 0 Å². The van der Waals surface area contributed by atoms with Crippen molar-refractivity contribution in [1.29, 1.82) is 0 Å². The first-order valence-corrected chi connectivity index (χ1v) is 17.0. The fourth-order valence-corrected chi connectivity index (χ4v) is 7.43. The van der Waals surface area contributed by atoms with Crippen molar-refractivity contribution >= 4 is 71.0 Å².